The van der Waals surface area contributed by atoms with Gasteiger partial charge in [-0.2, -0.15) is 0 Å². The summed E-state index contributed by atoms with van der Waals surface area (Å²) in [7, 11) is 0. The van der Waals surface area contributed by atoms with Crippen molar-refractivity contribution in [3.63, 3.8) is 0 Å². The maximum atomic E-state index is 6.92. The highest BCUT2D eigenvalue weighted by atomic mass is 16.3. The Morgan fingerprint density at radius 2 is 1.26 bits per heavy atom. The molecule has 0 saturated heterocycles. The summed E-state index contributed by atoms with van der Waals surface area (Å²) in [5.74, 6) is 2.40. The van der Waals surface area contributed by atoms with Gasteiger partial charge in [-0.05, 0) is 74.6 Å². The molecule has 0 amide bonds. The van der Waals surface area contributed by atoms with E-state index in [4.69, 9.17) is 19.4 Å². The Labute approximate surface area is 311 Å². The third kappa shape index (κ3) is 4.51. The number of benzene rings is 5. The number of fused-ring (bicyclic) bond motifs is 7. The van der Waals surface area contributed by atoms with Gasteiger partial charge in [0.15, 0.2) is 17.5 Å². The lowest BCUT2D eigenvalue weighted by Gasteiger charge is -2.41. The normalized spacial score (nSPS) is 15.3. The van der Waals surface area contributed by atoms with Crippen LogP contribution in [-0.2, 0) is 10.8 Å². The molecule has 0 bridgehead atoms. The van der Waals surface area contributed by atoms with E-state index in [9.17, 15) is 0 Å². The van der Waals surface area contributed by atoms with Gasteiger partial charge in [-0.1, -0.05) is 152 Å². The Morgan fingerprint density at radius 3 is 1.98 bits per heavy atom. The summed E-state index contributed by atoms with van der Waals surface area (Å²) >= 11 is 0. The lowest BCUT2D eigenvalue weighted by Crippen LogP contribution is -2.37. The molecule has 0 spiro atoms. The van der Waals surface area contributed by atoms with E-state index < -0.39 is 0 Å². The lowest BCUT2D eigenvalue weighted by molar-refractivity contribution is 0.281. The number of hydrogen-bond acceptors (Lipinski definition) is 4. The minimum absolute atomic E-state index is 0.255. The SMILES string of the molecule is C=CC1=C(C=C)C(C)(C)c2cc(-c3nc(-c4ccccc4)nc(-c4c5c(cc6c4oc4ccccc46)-c4ccccc4C5(C(C)C)C(C)C)n3)ccc21. The van der Waals surface area contributed by atoms with Gasteiger partial charge < -0.3 is 4.42 Å². The fourth-order valence-corrected chi connectivity index (χ4v) is 9.77. The van der Waals surface area contributed by atoms with Gasteiger partial charge in [-0.15, -0.1) is 0 Å². The zero-order valence-electron chi connectivity index (χ0n) is 31.3. The molecule has 0 N–H and O–H groups in total. The van der Waals surface area contributed by atoms with Crippen molar-refractivity contribution in [2.45, 2.75) is 52.4 Å². The summed E-state index contributed by atoms with van der Waals surface area (Å²) in [5, 5.41) is 2.15. The summed E-state index contributed by atoms with van der Waals surface area (Å²) in [6.07, 6.45) is 3.91. The number of rotatable bonds is 7. The summed E-state index contributed by atoms with van der Waals surface area (Å²) < 4.78 is 6.92. The Morgan fingerprint density at radius 1 is 0.604 bits per heavy atom. The maximum absolute atomic E-state index is 6.92. The van der Waals surface area contributed by atoms with Gasteiger partial charge in [-0.3, -0.25) is 0 Å². The van der Waals surface area contributed by atoms with E-state index in [0.717, 1.165) is 44.2 Å². The van der Waals surface area contributed by atoms with Crippen LogP contribution >= 0.6 is 0 Å². The molecule has 260 valence electrons. The van der Waals surface area contributed by atoms with Crippen LogP contribution < -0.4 is 0 Å². The van der Waals surface area contributed by atoms with Gasteiger partial charge in [0.1, 0.15) is 11.2 Å². The van der Waals surface area contributed by atoms with E-state index in [2.05, 4.69) is 134 Å². The highest BCUT2D eigenvalue weighted by Crippen LogP contribution is 2.61. The third-order valence-corrected chi connectivity index (χ3v) is 12.1. The average Bonchev–Trinajstić information content (AvgIpc) is 3.77. The maximum Gasteiger partial charge on any atom is 0.168 e. The smallest absolute Gasteiger partial charge is 0.168 e. The summed E-state index contributed by atoms with van der Waals surface area (Å²) in [6, 6.07) is 36.4. The summed E-state index contributed by atoms with van der Waals surface area (Å²) in [4.78, 5) is 16.0. The van der Waals surface area contributed by atoms with Crippen molar-refractivity contribution >= 4 is 27.5 Å². The van der Waals surface area contributed by atoms with Crippen molar-refractivity contribution in [3.05, 3.63) is 156 Å². The first kappa shape index (κ1) is 33.0. The molecule has 2 aromatic heterocycles. The van der Waals surface area contributed by atoms with Crippen molar-refractivity contribution in [3.8, 4) is 45.3 Å². The second kappa shape index (κ2) is 11.8. The van der Waals surface area contributed by atoms with E-state index in [1.807, 2.05) is 36.4 Å². The van der Waals surface area contributed by atoms with Crippen molar-refractivity contribution < 1.29 is 4.42 Å². The van der Waals surface area contributed by atoms with E-state index in [-0.39, 0.29) is 22.7 Å². The molecule has 2 heterocycles. The largest absolute Gasteiger partial charge is 0.455 e. The van der Waals surface area contributed by atoms with Crippen LogP contribution in [-0.4, -0.2) is 15.0 Å². The zero-order valence-corrected chi connectivity index (χ0v) is 31.3. The van der Waals surface area contributed by atoms with Gasteiger partial charge in [0.25, 0.3) is 0 Å². The van der Waals surface area contributed by atoms with Crippen molar-refractivity contribution in [1.29, 1.82) is 0 Å². The molecule has 5 aromatic carbocycles. The van der Waals surface area contributed by atoms with Gasteiger partial charge in [0.2, 0.25) is 0 Å². The first-order chi connectivity index (χ1) is 25.6. The third-order valence-electron chi connectivity index (χ3n) is 12.1. The number of nitrogens with zero attached hydrogens (tertiary/aromatic N) is 3. The highest BCUT2D eigenvalue weighted by Gasteiger charge is 2.50. The standard InChI is InChI=1S/C49H43N3O/c1-9-32-34-25-24-31(26-40(34)48(7,8)38(32)10-2)46-50-45(30-18-12-11-13-19-30)51-47(52-46)42-43-36(27-37-35-21-15-17-23-41(35)53-44(37)42)33-20-14-16-22-39(33)49(43,28(3)4)29(5)6/h9-29H,1-2H2,3-8H3. The molecule has 53 heavy (non-hydrogen) atoms. The monoisotopic (exact) mass is 689 g/mol. The number of aromatic nitrogens is 3. The van der Waals surface area contributed by atoms with Crippen LogP contribution in [0.25, 0.3) is 72.8 Å². The summed E-state index contributed by atoms with van der Waals surface area (Å²) in [6.45, 7) is 22.2. The van der Waals surface area contributed by atoms with E-state index >= 15 is 0 Å². The van der Waals surface area contributed by atoms with E-state index in [0.29, 0.717) is 17.5 Å². The van der Waals surface area contributed by atoms with Crippen molar-refractivity contribution in [1.82, 2.24) is 15.0 Å². The summed E-state index contributed by atoms with van der Waals surface area (Å²) in [5.41, 5.74) is 13.6. The molecule has 0 fully saturated rings. The van der Waals surface area contributed by atoms with Crippen LogP contribution in [0.15, 0.2) is 138 Å². The Balaban J connectivity index is 1.41. The first-order valence-corrected chi connectivity index (χ1v) is 18.7. The molecule has 0 aliphatic heterocycles. The Bertz CT molecular complexity index is 2680. The predicted molar refractivity (Wildman–Crippen MR) is 220 cm³/mol. The van der Waals surface area contributed by atoms with Gasteiger partial charge in [-0.25, -0.2) is 15.0 Å². The topological polar surface area (TPSA) is 51.8 Å². The van der Waals surface area contributed by atoms with Crippen molar-refractivity contribution in [2.75, 3.05) is 0 Å². The van der Waals surface area contributed by atoms with Crippen LogP contribution in [0.3, 0.4) is 0 Å². The molecule has 0 saturated carbocycles. The van der Waals surface area contributed by atoms with Crippen LogP contribution in [0.2, 0.25) is 0 Å². The molecule has 2 aliphatic rings. The van der Waals surface area contributed by atoms with Crippen molar-refractivity contribution in [2.24, 2.45) is 11.8 Å². The fourth-order valence-electron chi connectivity index (χ4n) is 9.77. The molecule has 7 aromatic rings. The lowest BCUT2D eigenvalue weighted by atomic mass is 9.62. The molecule has 9 rings (SSSR count). The Hall–Kier alpha value is -5.87. The number of allylic oxidation sites excluding steroid dienone is 4. The predicted octanol–water partition coefficient (Wildman–Crippen LogP) is 12.8. The zero-order chi connectivity index (χ0) is 36.8. The average molecular weight is 690 g/mol. The number of furan rings is 1. The highest BCUT2D eigenvalue weighted by molar-refractivity contribution is 6.13. The molecule has 0 radical (unpaired) electrons. The number of para-hydroxylation sites is 1. The van der Waals surface area contributed by atoms with Crippen LogP contribution in [0, 0.1) is 11.8 Å². The molecule has 0 atom stereocenters. The van der Waals surface area contributed by atoms with Gasteiger partial charge in [0.05, 0.1) is 5.56 Å². The minimum atomic E-state index is -0.320. The quantitative estimate of drug-likeness (QED) is 0.167. The van der Waals surface area contributed by atoms with Gasteiger partial charge in [0, 0.05) is 32.7 Å². The van der Waals surface area contributed by atoms with E-state index in [1.165, 1.54) is 39.0 Å². The van der Waals surface area contributed by atoms with Crippen LogP contribution in [0.4, 0.5) is 0 Å². The number of hydrogen-bond donors (Lipinski definition) is 0. The Kier molecular flexibility index (Phi) is 7.36. The van der Waals surface area contributed by atoms with Crippen LogP contribution in [0.1, 0.15) is 63.8 Å². The first-order valence-electron chi connectivity index (χ1n) is 18.7. The fraction of sp³-hybridized carbons (Fsp3) is 0.204. The molecular weight excluding hydrogens is 647 g/mol. The van der Waals surface area contributed by atoms with Gasteiger partial charge >= 0.3 is 0 Å². The molecule has 0 unspecified atom stereocenters. The molecule has 4 nitrogen and oxygen atoms in total. The van der Waals surface area contributed by atoms with E-state index in [1.54, 1.807) is 0 Å². The minimum Gasteiger partial charge on any atom is -0.455 e. The molecular formula is C49H43N3O. The molecule has 2 aliphatic carbocycles. The second-order valence-electron chi connectivity index (χ2n) is 15.7. The molecule has 4 heteroatoms. The second-order valence-corrected chi connectivity index (χ2v) is 15.7. The van der Waals surface area contributed by atoms with Crippen LogP contribution in [0.5, 0.6) is 0 Å².